The number of amides is 1. The molecule has 0 aliphatic heterocycles. The van der Waals surface area contributed by atoms with Crippen molar-refractivity contribution in [2.45, 2.75) is 47.0 Å². The van der Waals surface area contributed by atoms with Gasteiger partial charge < -0.3 is 9.30 Å². The first-order valence-corrected chi connectivity index (χ1v) is 12.1. The smallest absolute Gasteiger partial charge is 0.338 e. The third-order valence-corrected chi connectivity index (χ3v) is 7.27. The van der Waals surface area contributed by atoms with Crippen LogP contribution >= 0.6 is 11.3 Å². The van der Waals surface area contributed by atoms with Gasteiger partial charge in [0.05, 0.1) is 23.3 Å². The summed E-state index contributed by atoms with van der Waals surface area (Å²) in [4.78, 5) is 26.5. The maximum atomic E-state index is 12.6. The van der Waals surface area contributed by atoms with Crippen molar-refractivity contribution >= 4 is 29.4 Å². The number of benzene rings is 1. The molecule has 1 N–H and O–H groups in total. The second-order valence-electron chi connectivity index (χ2n) is 8.54. The van der Waals surface area contributed by atoms with Crippen LogP contribution in [-0.2, 0) is 17.6 Å². The minimum absolute atomic E-state index is 0.165. The number of ether oxygens (including phenoxy) is 1. The van der Waals surface area contributed by atoms with E-state index < -0.39 is 0 Å². The van der Waals surface area contributed by atoms with Crippen LogP contribution in [0.15, 0.2) is 41.5 Å². The summed E-state index contributed by atoms with van der Waals surface area (Å²) in [6.45, 7) is 8.42. The molecule has 0 radical (unpaired) electrons. The summed E-state index contributed by atoms with van der Waals surface area (Å²) >= 11 is 1.58. The zero-order valence-corrected chi connectivity index (χ0v) is 20.3. The number of thiophene rings is 1. The highest BCUT2D eigenvalue weighted by molar-refractivity contribution is 7.14. The minimum Gasteiger partial charge on any atom is -0.462 e. The van der Waals surface area contributed by atoms with E-state index in [9.17, 15) is 9.59 Å². The molecule has 172 valence electrons. The number of hydrogen-bond donors (Lipinski definition) is 1. The van der Waals surface area contributed by atoms with Gasteiger partial charge in [-0.3, -0.25) is 4.79 Å². The van der Waals surface area contributed by atoms with Crippen LogP contribution in [0.25, 0.3) is 5.69 Å². The number of hydrogen-bond acceptors (Lipinski definition) is 5. The van der Waals surface area contributed by atoms with Crippen LogP contribution in [0.2, 0.25) is 0 Å². The van der Waals surface area contributed by atoms with Gasteiger partial charge in [0.25, 0.3) is 5.91 Å². The Balaban J connectivity index is 1.46. The van der Waals surface area contributed by atoms with E-state index in [4.69, 9.17) is 4.74 Å². The average molecular weight is 464 g/mol. The molecule has 33 heavy (non-hydrogen) atoms. The number of aryl methyl sites for hydroxylation is 2. The molecule has 2 heterocycles. The molecule has 0 unspecified atom stereocenters. The summed E-state index contributed by atoms with van der Waals surface area (Å²) < 4.78 is 7.14. The molecule has 0 fully saturated rings. The summed E-state index contributed by atoms with van der Waals surface area (Å²) in [5.74, 6) is 0.189. The van der Waals surface area contributed by atoms with Crippen molar-refractivity contribution in [2.75, 3.05) is 6.61 Å². The Morgan fingerprint density at radius 1 is 1.24 bits per heavy atom. The average Bonchev–Trinajstić information content (AvgIpc) is 3.34. The molecule has 1 aliphatic carbocycles. The van der Waals surface area contributed by atoms with Gasteiger partial charge in [0, 0.05) is 27.5 Å². The second kappa shape index (κ2) is 9.75. The van der Waals surface area contributed by atoms with E-state index in [0.717, 1.165) is 40.4 Å². The summed E-state index contributed by atoms with van der Waals surface area (Å²) in [7, 11) is 0. The normalized spacial score (nSPS) is 15.5. The summed E-state index contributed by atoms with van der Waals surface area (Å²) in [5.41, 5.74) is 8.40. The summed E-state index contributed by atoms with van der Waals surface area (Å²) in [6, 6.07) is 11.4. The van der Waals surface area contributed by atoms with Crippen LogP contribution in [0, 0.1) is 19.8 Å². The number of rotatable bonds is 6. The highest BCUT2D eigenvalue weighted by atomic mass is 32.1. The van der Waals surface area contributed by atoms with Gasteiger partial charge >= 0.3 is 5.97 Å². The number of fused-ring (bicyclic) bond motifs is 1. The van der Waals surface area contributed by atoms with E-state index in [1.54, 1.807) is 36.6 Å². The number of carbonyl (C=O) groups is 2. The highest BCUT2D eigenvalue weighted by Gasteiger charge is 2.20. The van der Waals surface area contributed by atoms with Gasteiger partial charge in [-0.1, -0.05) is 6.92 Å². The van der Waals surface area contributed by atoms with E-state index in [2.05, 4.69) is 22.0 Å². The quantitative estimate of drug-likeness (QED) is 0.309. The highest BCUT2D eigenvalue weighted by Crippen LogP contribution is 2.32. The number of carbonyl (C=O) groups excluding carboxylic acids is 2. The fraction of sp³-hybridized carbons (Fsp3) is 0.346. The van der Waals surface area contributed by atoms with Crippen molar-refractivity contribution in [3.63, 3.8) is 0 Å². The van der Waals surface area contributed by atoms with Crippen molar-refractivity contribution < 1.29 is 14.3 Å². The van der Waals surface area contributed by atoms with Gasteiger partial charge in [0.15, 0.2) is 0 Å². The molecule has 1 aromatic carbocycles. The molecular weight excluding hydrogens is 434 g/mol. The van der Waals surface area contributed by atoms with Crippen molar-refractivity contribution in [1.82, 2.24) is 9.99 Å². The predicted octanol–water partition coefficient (Wildman–Crippen LogP) is 5.22. The van der Waals surface area contributed by atoms with Crippen molar-refractivity contribution in [1.29, 1.82) is 0 Å². The third-order valence-electron chi connectivity index (χ3n) is 6.03. The molecule has 7 heteroatoms. The monoisotopic (exact) mass is 463 g/mol. The van der Waals surface area contributed by atoms with E-state index in [1.165, 1.54) is 16.9 Å². The Labute approximate surface area is 198 Å². The largest absolute Gasteiger partial charge is 0.462 e. The maximum Gasteiger partial charge on any atom is 0.338 e. The fourth-order valence-corrected chi connectivity index (χ4v) is 5.41. The molecule has 1 aliphatic rings. The van der Waals surface area contributed by atoms with Crippen LogP contribution in [0.3, 0.4) is 0 Å². The Bertz CT molecular complexity index is 1200. The van der Waals surface area contributed by atoms with Gasteiger partial charge in [0.2, 0.25) is 0 Å². The van der Waals surface area contributed by atoms with E-state index >= 15 is 0 Å². The Morgan fingerprint density at radius 3 is 2.73 bits per heavy atom. The first kappa shape index (κ1) is 23.0. The van der Waals surface area contributed by atoms with Gasteiger partial charge in [-0.2, -0.15) is 5.10 Å². The fourth-order valence-electron chi connectivity index (χ4n) is 4.31. The van der Waals surface area contributed by atoms with E-state index in [-0.39, 0.29) is 11.9 Å². The lowest BCUT2D eigenvalue weighted by molar-refractivity contribution is 0.0526. The molecular formula is C26H29N3O3S. The predicted molar refractivity (Wildman–Crippen MR) is 132 cm³/mol. The summed E-state index contributed by atoms with van der Waals surface area (Å²) in [5, 5.41) is 4.21. The number of hydrazone groups is 1. The Kier molecular flexibility index (Phi) is 6.79. The van der Waals surface area contributed by atoms with Crippen molar-refractivity contribution in [2.24, 2.45) is 11.0 Å². The number of nitrogens with one attached hydrogen (secondary N) is 1. The first-order chi connectivity index (χ1) is 15.9. The molecule has 6 nitrogen and oxygen atoms in total. The molecule has 4 rings (SSSR count). The zero-order chi connectivity index (χ0) is 23.5. The van der Waals surface area contributed by atoms with Crippen LogP contribution in [0.4, 0.5) is 0 Å². The SMILES string of the molecule is CCOC(=O)c1ccc(-n2c(C)cc(/C=N\NC(=O)c3cc4c(s3)CC[C@H](C)C4)c2C)cc1. The molecule has 2 aromatic heterocycles. The van der Waals surface area contributed by atoms with Gasteiger partial charge in [-0.25, -0.2) is 10.2 Å². The number of nitrogens with zero attached hydrogens (tertiary/aromatic N) is 2. The summed E-state index contributed by atoms with van der Waals surface area (Å²) in [6.07, 6.45) is 4.98. The molecule has 0 saturated heterocycles. The second-order valence-corrected chi connectivity index (χ2v) is 9.67. The molecule has 1 amide bonds. The Morgan fingerprint density at radius 2 is 2.00 bits per heavy atom. The minimum atomic E-state index is -0.324. The lowest BCUT2D eigenvalue weighted by Crippen LogP contribution is -2.16. The topological polar surface area (TPSA) is 72.7 Å². The zero-order valence-electron chi connectivity index (χ0n) is 19.5. The molecule has 0 bridgehead atoms. The third kappa shape index (κ3) is 4.93. The van der Waals surface area contributed by atoms with E-state index in [1.807, 2.05) is 38.1 Å². The molecule has 3 aromatic rings. The maximum absolute atomic E-state index is 12.6. The van der Waals surface area contributed by atoms with Crippen LogP contribution in [0.5, 0.6) is 0 Å². The van der Waals surface area contributed by atoms with Crippen molar-refractivity contribution in [3.8, 4) is 5.69 Å². The first-order valence-electron chi connectivity index (χ1n) is 11.3. The lowest BCUT2D eigenvalue weighted by Gasteiger charge is -2.16. The van der Waals surface area contributed by atoms with Gasteiger partial charge in [0.1, 0.15) is 0 Å². The molecule has 0 saturated carbocycles. The standard InChI is InChI=1S/C26H29N3O3S/c1-5-32-26(31)19-7-9-22(10-8-19)29-17(3)13-21(18(29)4)15-27-28-25(30)24-14-20-12-16(2)6-11-23(20)33-24/h7-10,13-16H,5-6,11-12H2,1-4H3,(H,28,30)/b27-15-/t16-/m0/s1. The van der Waals surface area contributed by atoms with Crippen LogP contribution in [0.1, 0.15) is 67.7 Å². The van der Waals surface area contributed by atoms with E-state index in [0.29, 0.717) is 18.1 Å². The number of aromatic nitrogens is 1. The Hall–Kier alpha value is -3.19. The number of esters is 1. The van der Waals surface area contributed by atoms with Gasteiger partial charge in [-0.05, 0) is 87.9 Å². The molecule has 1 atom stereocenters. The van der Waals surface area contributed by atoms with Gasteiger partial charge in [-0.15, -0.1) is 11.3 Å². The lowest BCUT2D eigenvalue weighted by atomic mass is 9.90. The molecule has 0 spiro atoms. The van der Waals surface area contributed by atoms with Crippen LogP contribution in [-0.4, -0.2) is 29.3 Å². The van der Waals surface area contributed by atoms with Crippen molar-refractivity contribution in [3.05, 3.63) is 74.2 Å². The van der Waals surface area contributed by atoms with Crippen LogP contribution < -0.4 is 5.43 Å².